The molecule has 2 aromatic carbocycles. The summed E-state index contributed by atoms with van der Waals surface area (Å²) >= 11 is 0. The van der Waals surface area contributed by atoms with Crippen LogP contribution in [0, 0.1) is 11.3 Å². The number of methoxy groups -OCH3 is 1. The van der Waals surface area contributed by atoms with Crippen molar-refractivity contribution in [3.63, 3.8) is 0 Å². The van der Waals surface area contributed by atoms with Crippen LogP contribution in [0.1, 0.15) is 21.6 Å². The molecule has 1 heterocycles. The molecule has 3 rings (SSSR count). The Labute approximate surface area is 157 Å². The zero-order valence-corrected chi connectivity index (χ0v) is 14.8. The summed E-state index contributed by atoms with van der Waals surface area (Å²) in [5.74, 6) is 0.472. The van der Waals surface area contributed by atoms with Gasteiger partial charge < -0.3 is 15.4 Å². The molecule has 134 valence electrons. The first-order valence-corrected chi connectivity index (χ1v) is 8.32. The van der Waals surface area contributed by atoms with Gasteiger partial charge in [0.2, 0.25) is 0 Å². The number of benzene rings is 2. The Morgan fingerprint density at radius 3 is 2.67 bits per heavy atom. The Bertz CT molecular complexity index is 978. The summed E-state index contributed by atoms with van der Waals surface area (Å²) in [5, 5.41) is 15.0. The maximum Gasteiger partial charge on any atom is 0.274 e. The number of anilines is 2. The van der Waals surface area contributed by atoms with Crippen LogP contribution < -0.4 is 15.4 Å². The van der Waals surface area contributed by atoms with Gasteiger partial charge in [-0.05, 0) is 48.0 Å². The Balaban J connectivity index is 1.65. The van der Waals surface area contributed by atoms with E-state index >= 15 is 0 Å². The van der Waals surface area contributed by atoms with Gasteiger partial charge in [0, 0.05) is 24.1 Å². The topological polar surface area (TPSA) is 87.0 Å². The molecule has 0 radical (unpaired) electrons. The number of rotatable bonds is 6. The number of nitriles is 1. The van der Waals surface area contributed by atoms with Gasteiger partial charge >= 0.3 is 0 Å². The monoisotopic (exact) mass is 358 g/mol. The number of hydrogen-bond donors (Lipinski definition) is 2. The van der Waals surface area contributed by atoms with E-state index in [0.29, 0.717) is 17.8 Å². The molecule has 0 aliphatic rings. The molecule has 0 aliphatic heterocycles. The minimum atomic E-state index is -0.335. The van der Waals surface area contributed by atoms with Crippen LogP contribution in [-0.2, 0) is 6.54 Å². The van der Waals surface area contributed by atoms with E-state index in [0.717, 1.165) is 17.0 Å². The van der Waals surface area contributed by atoms with E-state index in [2.05, 4.69) is 15.6 Å². The van der Waals surface area contributed by atoms with Crippen molar-refractivity contribution in [2.24, 2.45) is 0 Å². The number of nitrogens with zero attached hydrogens (tertiary/aromatic N) is 2. The lowest BCUT2D eigenvalue weighted by molar-refractivity contribution is 0.102. The van der Waals surface area contributed by atoms with Gasteiger partial charge in [0.1, 0.15) is 11.4 Å². The quantitative estimate of drug-likeness (QED) is 0.699. The van der Waals surface area contributed by atoms with Crippen LogP contribution in [0.25, 0.3) is 0 Å². The maximum absolute atomic E-state index is 12.4. The van der Waals surface area contributed by atoms with Crippen molar-refractivity contribution < 1.29 is 9.53 Å². The fraction of sp³-hybridized carbons (Fsp3) is 0.0952. The molecule has 0 saturated carbocycles. The number of carbonyl (C=O) groups is 1. The molecular formula is C21H18N4O2. The number of nitrogens with one attached hydrogen (secondary N) is 2. The number of aromatic nitrogens is 1. The lowest BCUT2D eigenvalue weighted by atomic mass is 10.2. The Morgan fingerprint density at radius 1 is 1.11 bits per heavy atom. The summed E-state index contributed by atoms with van der Waals surface area (Å²) in [6, 6.07) is 20.0. The Hall–Kier alpha value is -3.85. The highest BCUT2D eigenvalue weighted by Crippen LogP contribution is 2.15. The predicted molar refractivity (Wildman–Crippen MR) is 104 cm³/mol. The number of pyridine rings is 1. The number of amides is 1. The van der Waals surface area contributed by atoms with Gasteiger partial charge in [-0.1, -0.05) is 18.2 Å². The summed E-state index contributed by atoms with van der Waals surface area (Å²) in [4.78, 5) is 16.5. The standard InChI is InChI=1S/C21H18N4O2/c1-27-19-7-5-15(6-8-19)14-24-17-9-10-23-20(12-17)21(26)25-18-4-2-3-16(11-18)13-22/h2-12H,14H2,1H3,(H,23,24)(H,25,26). The van der Waals surface area contributed by atoms with Crippen LogP contribution >= 0.6 is 0 Å². The normalized spacial score (nSPS) is 9.93. The molecule has 27 heavy (non-hydrogen) atoms. The van der Waals surface area contributed by atoms with Crippen LogP contribution in [0.3, 0.4) is 0 Å². The predicted octanol–water partition coefficient (Wildman–Crippen LogP) is 3.83. The minimum absolute atomic E-state index is 0.289. The fourth-order valence-corrected chi connectivity index (χ4v) is 2.47. The molecular weight excluding hydrogens is 340 g/mol. The molecule has 0 unspecified atom stereocenters. The molecule has 0 saturated heterocycles. The summed E-state index contributed by atoms with van der Waals surface area (Å²) in [6.45, 7) is 0.610. The van der Waals surface area contributed by atoms with Crippen LogP contribution in [-0.4, -0.2) is 18.0 Å². The lowest BCUT2D eigenvalue weighted by Crippen LogP contribution is -2.14. The summed E-state index contributed by atoms with van der Waals surface area (Å²) < 4.78 is 5.15. The zero-order chi connectivity index (χ0) is 19.1. The second kappa shape index (κ2) is 8.50. The third-order valence-corrected chi connectivity index (χ3v) is 3.90. The third-order valence-electron chi connectivity index (χ3n) is 3.90. The minimum Gasteiger partial charge on any atom is -0.497 e. The molecule has 0 atom stereocenters. The molecule has 0 aliphatic carbocycles. The fourth-order valence-electron chi connectivity index (χ4n) is 2.47. The second-order valence-electron chi connectivity index (χ2n) is 5.78. The highest BCUT2D eigenvalue weighted by atomic mass is 16.5. The SMILES string of the molecule is COc1ccc(CNc2ccnc(C(=O)Nc3cccc(C#N)c3)c2)cc1. The largest absolute Gasteiger partial charge is 0.497 e. The average molecular weight is 358 g/mol. The van der Waals surface area contributed by atoms with Gasteiger partial charge in [0.15, 0.2) is 0 Å². The second-order valence-corrected chi connectivity index (χ2v) is 5.78. The van der Waals surface area contributed by atoms with E-state index in [-0.39, 0.29) is 11.6 Å². The third kappa shape index (κ3) is 4.83. The van der Waals surface area contributed by atoms with E-state index in [1.165, 1.54) is 0 Å². The average Bonchev–Trinajstić information content (AvgIpc) is 2.73. The molecule has 1 amide bonds. The molecule has 1 aromatic heterocycles. The first kappa shape index (κ1) is 18.0. The van der Waals surface area contributed by atoms with Gasteiger partial charge in [-0.3, -0.25) is 9.78 Å². The zero-order valence-electron chi connectivity index (χ0n) is 14.8. The van der Waals surface area contributed by atoms with Gasteiger partial charge in [0.05, 0.1) is 18.7 Å². The first-order valence-electron chi connectivity index (χ1n) is 8.32. The van der Waals surface area contributed by atoms with Crippen LogP contribution in [0.4, 0.5) is 11.4 Å². The number of carbonyl (C=O) groups excluding carboxylic acids is 1. The molecule has 6 nitrogen and oxygen atoms in total. The summed E-state index contributed by atoms with van der Waals surface area (Å²) in [5.41, 5.74) is 3.20. The highest BCUT2D eigenvalue weighted by Gasteiger charge is 2.09. The first-order chi connectivity index (χ1) is 13.2. The van der Waals surface area contributed by atoms with Gasteiger partial charge in [-0.15, -0.1) is 0 Å². The smallest absolute Gasteiger partial charge is 0.274 e. The molecule has 6 heteroatoms. The highest BCUT2D eigenvalue weighted by molar-refractivity contribution is 6.03. The lowest BCUT2D eigenvalue weighted by Gasteiger charge is -2.09. The molecule has 0 bridgehead atoms. The van der Waals surface area contributed by atoms with Crippen molar-refractivity contribution in [3.05, 3.63) is 83.7 Å². The van der Waals surface area contributed by atoms with Crippen LogP contribution in [0.5, 0.6) is 5.75 Å². The van der Waals surface area contributed by atoms with Crippen molar-refractivity contribution in [3.8, 4) is 11.8 Å². The van der Waals surface area contributed by atoms with E-state index in [1.807, 2.05) is 30.3 Å². The number of hydrogen-bond acceptors (Lipinski definition) is 5. The summed E-state index contributed by atoms with van der Waals surface area (Å²) in [7, 11) is 1.63. The maximum atomic E-state index is 12.4. The molecule has 0 fully saturated rings. The van der Waals surface area contributed by atoms with Crippen molar-refractivity contribution in [2.75, 3.05) is 17.7 Å². The Morgan fingerprint density at radius 2 is 1.93 bits per heavy atom. The molecule has 3 aromatic rings. The van der Waals surface area contributed by atoms with E-state index < -0.39 is 0 Å². The summed E-state index contributed by atoms with van der Waals surface area (Å²) in [6.07, 6.45) is 1.58. The van der Waals surface area contributed by atoms with Crippen molar-refractivity contribution in [2.45, 2.75) is 6.54 Å². The van der Waals surface area contributed by atoms with E-state index in [1.54, 1.807) is 49.7 Å². The van der Waals surface area contributed by atoms with Crippen LogP contribution in [0.2, 0.25) is 0 Å². The number of ether oxygens (including phenoxy) is 1. The molecule has 2 N–H and O–H groups in total. The van der Waals surface area contributed by atoms with Crippen LogP contribution in [0.15, 0.2) is 66.9 Å². The van der Waals surface area contributed by atoms with Gasteiger partial charge in [-0.2, -0.15) is 5.26 Å². The van der Waals surface area contributed by atoms with Crippen molar-refractivity contribution in [1.82, 2.24) is 4.98 Å². The van der Waals surface area contributed by atoms with Crippen molar-refractivity contribution in [1.29, 1.82) is 5.26 Å². The van der Waals surface area contributed by atoms with Gasteiger partial charge in [0.25, 0.3) is 5.91 Å². The van der Waals surface area contributed by atoms with E-state index in [9.17, 15) is 4.79 Å². The van der Waals surface area contributed by atoms with Crippen molar-refractivity contribution >= 4 is 17.3 Å². The Kier molecular flexibility index (Phi) is 5.65. The molecule has 0 spiro atoms. The van der Waals surface area contributed by atoms with E-state index in [4.69, 9.17) is 10.00 Å². The van der Waals surface area contributed by atoms with Gasteiger partial charge in [-0.25, -0.2) is 0 Å².